The molecular formula is C24H30BrN5O3. The SMILES string of the molecule is COC(=O)NC(C(=O)N1CCCC1(C)c1ncc(-c2ccc(Br)c3c(C)c[nH]c23)[nH]1)C(C)C. The molecule has 3 aromatic rings. The normalized spacial score (nSPS) is 19.3. The van der Waals surface area contributed by atoms with Gasteiger partial charge in [-0.2, -0.15) is 0 Å². The molecule has 2 unspecified atom stereocenters. The number of fused-ring (bicyclic) bond motifs is 1. The van der Waals surface area contributed by atoms with Gasteiger partial charge in [0.25, 0.3) is 0 Å². The second-order valence-corrected chi connectivity index (χ2v) is 10.0. The largest absolute Gasteiger partial charge is 0.453 e. The third-order valence-electron chi connectivity index (χ3n) is 6.66. The smallest absolute Gasteiger partial charge is 0.407 e. The molecule has 0 spiro atoms. The van der Waals surface area contributed by atoms with E-state index < -0.39 is 17.7 Å². The van der Waals surface area contributed by atoms with Crippen LogP contribution in [-0.4, -0.2) is 51.5 Å². The molecule has 1 fully saturated rings. The lowest BCUT2D eigenvalue weighted by Crippen LogP contribution is -2.55. The fourth-order valence-electron chi connectivity index (χ4n) is 4.75. The van der Waals surface area contributed by atoms with Crippen molar-refractivity contribution in [2.24, 2.45) is 5.92 Å². The van der Waals surface area contributed by atoms with Crippen molar-refractivity contribution in [1.82, 2.24) is 25.2 Å². The quantitative estimate of drug-likeness (QED) is 0.451. The number of imidazole rings is 1. The van der Waals surface area contributed by atoms with Crippen LogP contribution < -0.4 is 5.32 Å². The van der Waals surface area contributed by atoms with Crippen molar-refractivity contribution in [3.05, 3.63) is 40.4 Å². The Bertz CT molecular complexity index is 1200. The maximum Gasteiger partial charge on any atom is 0.407 e. The predicted octanol–water partition coefficient (Wildman–Crippen LogP) is 4.85. The van der Waals surface area contributed by atoms with Gasteiger partial charge in [-0.25, -0.2) is 9.78 Å². The van der Waals surface area contributed by atoms with E-state index in [1.807, 2.05) is 44.1 Å². The van der Waals surface area contributed by atoms with Crippen molar-refractivity contribution >= 4 is 38.8 Å². The summed E-state index contributed by atoms with van der Waals surface area (Å²) < 4.78 is 5.77. The number of rotatable bonds is 5. The number of ether oxygens (including phenoxy) is 1. The van der Waals surface area contributed by atoms with Gasteiger partial charge in [-0.1, -0.05) is 29.8 Å². The Balaban J connectivity index is 1.68. The number of amides is 2. The Kier molecular flexibility index (Phi) is 6.26. The molecule has 33 heavy (non-hydrogen) atoms. The van der Waals surface area contributed by atoms with Crippen molar-refractivity contribution in [3.8, 4) is 11.3 Å². The molecule has 0 bridgehead atoms. The van der Waals surface area contributed by atoms with E-state index in [-0.39, 0.29) is 11.8 Å². The molecule has 1 saturated heterocycles. The molecule has 1 aliphatic heterocycles. The number of aryl methyl sites for hydroxylation is 1. The van der Waals surface area contributed by atoms with Gasteiger partial charge in [-0.3, -0.25) is 4.79 Å². The molecule has 2 amide bonds. The Morgan fingerprint density at radius 2 is 2.09 bits per heavy atom. The van der Waals surface area contributed by atoms with Crippen LogP contribution in [0.15, 0.2) is 29.0 Å². The first-order valence-corrected chi connectivity index (χ1v) is 11.9. The number of hydrogen-bond donors (Lipinski definition) is 3. The van der Waals surface area contributed by atoms with Gasteiger partial charge in [0.1, 0.15) is 11.9 Å². The van der Waals surface area contributed by atoms with Crippen molar-refractivity contribution in [3.63, 3.8) is 0 Å². The maximum absolute atomic E-state index is 13.5. The molecule has 0 aliphatic carbocycles. The van der Waals surface area contributed by atoms with Gasteiger partial charge in [-0.05, 0) is 50.3 Å². The van der Waals surface area contributed by atoms with Gasteiger partial charge in [-0.15, -0.1) is 0 Å². The fourth-order valence-corrected chi connectivity index (χ4v) is 5.39. The summed E-state index contributed by atoms with van der Waals surface area (Å²) in [4.78, 5) is 38.8. The van der Waals surface area contributed by atoms with Gasteiger partial charge in [0.05, 0.1) is 30.1 Å². The summed E-state index contributed by atoms with van der Waals surface area (Å²) in [5.41, 5.74) is 3.50. The molecule has 3 N–H and O–H groups in total. The van der Waals surface area contributed by atoms with E-state index in [0.29, 0.717) is 6.54 Å². The van der Waals surface area contributed by atoms with Gasteiger partial charge >= 0.3 is 6.09 Å². The Hall–Kier alpha value is -2.81. The average molecular weight is 516 g/mol. The van der Waals surface area contributed by atoms with Crippen LogP contribution in [0.3, 0.4) is 0 Å². The van der Waals surface area contributed by atoms with E-state index in [4.69, 9.17) is 9.72 Å². The van der Waals surface area contributed by atoms with Crippen LogP contribution in [-0.2, 0) is 15.1 Å². The van der Waals surface area contributed by atoms with Gasteiger partial charge in [0.2, 0.25) is 5.91 Å². The number of halogens is 1. The maximum atomic E-state index is 13.5. The van der Waals surface area contributed by atoms with Crippen molar-refractivity contribution < 1.29 is 14.3 Å². The zero-order chi connectivity index (χ0) is 23.9. The van der Waals surface area contributed by atoms with Crippen molar-refractivity contribution in [2.75, 3.05) is 13.7 Å². The molecule has 1 aromatic carbocycles. The topological polar surface area (TPSA) is 103 Å². The molecule has 0 saturated carbocycles. The summed E-state index contributed by atoms with van der Waals surface area (Å²) in [6.07, 6.45) is 4.86. The zero-order valence-electron chi connectivity index (χ0n) is 19.6. The Morgan fingerprint density at radius 3 is 2.79 bits per heavy atom. The highest BCUT2D eigenvalue weighted by Crippen LogP contribution is 2.40. The molecular weight excluding hydrogens is 486 g/mol. The van der Waals surface area contributed by atoms with E-state index in [0.717, 1.165) is 50.9 Å². The number of alkyl carbamates (subject to hydrolysis) is 1. The number of methoxy groups -OCH3 is 1. The minimum absolute atomic E-state index is 0.0826. The Morgan fingerprint density at radius 1 is 1.33 bits per heavy atom. The highest BCUT2D eigenvalue weighted by molar-refractivity contribution is 9.10. The number of carbonyl (C=O) groups excluding carboxylic acids is 2. The average Bonchev–Trinajstić information content (AvgIpc) is 3.51. The highest BCUT2D eigenvalue weighted by atomic mass is 79.9. The number of aromatic nitrogens is 3. The number of carbonyl (C=O) groups is 2. The second-order valence-electron chi connectivity index (χ2n) is 9.19. The summed E-state index contributed by atoms with van der Waals surface area (Å²) >= 11 is 3.64. The number of nitrogens with zero attached hydrogens (tertiary/aromatic N) is 2. The third kappa shape index (κ3) is 4.03. The number of H-pyrrole nitrogens is 2. The van der Waals surface area contributed by atoms with Gasteiger partial charge in [0, 0.05) is 28.2 Å². The van der Waals surface area contributed by atoms with Gasteiger partial charge in [0.15, 0.2) is 0 Å². The van der Waals surface area contributed by atoms with Crippen LogP contribution in [0.25, 0.3) is 22.2 Å². The minimum atomic E-state index is -0.669. The summed E-state index contributed by atoms with van der Waals surface area (Å²) in [6.45, 7) is 8.53. The fraction of sp³-hybridized carbons (Fsp3) is 0.458. The summed E-state index contributed by atoms with van der Waals surface area (Å²) in [5.74, 6) is 0.531. The van der Waals surface area contributed by atoms with Crippen LogP contribution in [0, 0.1) is 12.8 Å². The highest BCUT2D eigenvalue weighted by Gasteiger charge is 2.46. The van der Waals surface area contributed by atoms with Crippen molar-refractivity contribution in [1.29, 1.82) is 0 Å². The van der Waals surface area contributed by atoms with E-state index in [2.05, 4.69) is 44.2 Å². The minimum Gasteiger partial charge on any atom is -0.453 e. The lowest BCUT2D eigenvalue weighted by atomic mass is 9.95. The lowest BCUT2D eigenvalue weighted by Gasteiger charge is -2.37. The van der Waals surface area contributed by atoms with E-state index in [9.17, 15) is 9.59 Å². The van der Waals surface area contributed by atoms with Crippen LogP contribution in [0.5, 0.6) is 0 Å². The molecule has 9 heteroatoms. The van der Waals surface area contributed by atoms with Crippen LogP contribution in [0.1, 0.15) is 45.0 Å². The molecule has 1 aliphatic rings. The molecule has 176 valence electrons. The lowest BCUT2D eigenvalue weighted by molar-refractivity contribution is -0.138. The summed E-state index contributed by atoms with van der Waals surface area (Å²) in [7, 11) is 1.30. The molecule has 2 aromatic heterocycles. The third-order valence-corrected chi connectivity index (χ3v) is 7.32. The first-order chi connectivity index (χ1) is 15.7. The van der Waals surface area contributed by atoms with Crippen molar-refractivity contribution in [2.45, 2.75) is 52.1 Å². The number of likely N-dealkylation sites (tertiary alicyclic amines) is 1. The van der Waals surface area contributed by atoms with Crippen LogP contribution in [0.4, 0.5) is 4.79 Å². The zero-order valence-corrected chi connectivity index (χ0v) is 21.2. The monoisotopic (exact) mass is 515 g/mol. The predicted molar refractivity (Wildman–Crippen MR) is 131 cm³/mol. The Labute approximate surface area is 201 Å². The van der Waals surface area contributed by atoms with Gasteiger partial charge < -0.3 is 24.9 Å². The number of hydrogen-bond acceptors (Lipinski definition) is 4. The second kappa shape index (κ2) is 8.85. The standard InChI is InChI=1S/C24H30BrN5O3/c1-13(2)19(29-23(32)33-5)21(31)30-10-6-9-24(30,4)22-27-12-17(28-22)15-7-8-16(25)18-14(3)11-26-20(15)18/h7-8,11-13,19,26H,6,9-10H2,1-5H3,(H,27,28)(H,29,32). The molecule has 8 nitrogen and oxygen atoms in total. The number of nitrogens with one attached hydrogen (secondary N) is 3. The molecule has 2 atom stereocenters. The number of aromatic amines is 2. The first-order valence-electron chi connectivity index (χ1n) is 11.2. The number of benzene rings is 1. The molecule has 3 heterocycles. The summed E-state index contributed by atoms with van der Waals surface area (Å²) in [6, 6.07) is 3.42. The first kappa shape index (κ1) is 23.4. The van der Waals surface area contributed by atoms with E-state index in [1.165, 1.54) is 7.11 Å². The molecule has 0 radical (unpaired) electrons. The van der Waals surface area contributed by atoms with Crippen LogP contribution >= 0.6 is 15.9 Å². The molecule has 4 rings (SSSR count). The van der Waals surface area contributed by atoms with Crippen LogP contribution in [0.2, 0.25) is 0 Å². The van der Waals surface area contributed by atoms with E-state index in [1.54, 1.807) is 0 Å². The van der Waals surface area contributed by atoms with E-state index >= 15 is 0 Å². The summed E-state index contributed by atoms with van der Waals surface area (Å²) in [5, 5.41) is 3.84.